The number of benzene rings is 2. The lowest BCUT2D eigenvalue weighted by atomic mass is 9.98. The highest BCUT2D eigenvalue weighted by Gasteiger charge is 2.26. The van der Waals surface area contributed by atoms with Gasteiger partial charge in [-0.2, -0.15) is 0 Å². The lowest BCUT2D eigenvalue weighted by molar-refractivity contribution is -0.384. The quantitative estimate of drug-likeness (QED) is 0.328. The number of rotatable bonds is 5. The van der Waals surface area contributed by atoms with Crippen molar-refractivity contribution >= 4 is 29.0 Å². The van der Waals surface area contributed by atoms with Gasteiger partial charge < -0.3 is 4.90 Å². The molecule has 2 aromatic carbocycles. The predicted molar refractivity (Wildman–Crippen MR) is 116 cm³/mol. The van der Waals surface area contributed by atoms with Crippen LogP contribution in [0, 0.1) is 15.9 Å². The maximum absolute atomic E-state index is 14.0. The molecule has 2 heterocycles. The van der Waals surface area contributed by atoms with E-state index in [1.54, 1.807) is 41.3 Å². The average molecular weight is 438 g/mol. The molecule has 0 radical (unpaired) electrons. The largest absolute Gasteiger partial charge is 0.338 e. The van der Waals surface area contributed by atoms with Crippen LogP contribution in [0.15, 0.2) is 54.6 Å². The monoisotopic (exact) mass is 438 g/mol. The first kappa shape index (κ1) is 20.8. The number of hydrogen-bond acceptors (Lipinski definition) is 6. The van der Waals surface area contributed by atoms with Crippen LogP contribution in [0.5, 0.6) is 0 Å². The van der Waals surface area contributed by atoms with E-state index in [1.807, 2.05) is 0 Å². The van der Waals surface area contributed by atoms with Gasteiger partial charge in [-0.25, -0.2) is 4.39 Å². The van der Waals surface area contributed by atoms with Gasteiger partial charge in [-0.05, 0) is 48.7 Å². The number of non-ortho nitro benzene ring substituents is 1. The highest BCUT2D eigenvalue weighted by molar-refractivity contribution is 7.14. The molecule has 1 saturated heterocycles. The lowest BCUT2D eigenvalue weighted by Gasteiger charge is -2.30. The molecule has 9 heteroatoms. The number of nitrogens with zero attached hydrogens (tertiary/aromatic N) is 4. The van der Waals surface area contributed by atoms with Crippen molar-refractivity contribution in [2.45, 2.75) is 18.8 Å². The molecule has 1 aromatic heterocycles. The maximum atomic E-state index is 14.0. The SMILES string of the molecule is O=C(/C=C/c1ccc([N+](=O)[O-])cc1)N1CCCC(c2nnc(-c3ccccc3F)s2)C1. The molecule has 1 unspecified atom stereocenters. The summed E-state index contributed by atoms with van der Waals surface area (Å²) in [5, 5.41) is 20.5. The summed E-state index contributed by atoms with van der Waals surface area (Å²) in [4.78, 5) is 24.7. The summed E-state index contributed by atoms with van der Waals surface area (Å²) in [6, 6.07) is 12.5. The molecule has 1 aliphatic rings. The van der Waals surface area contributed by atoms with Gasteiger partial charge in [0.2, 0.25) is 5.91 Å². The summed E-state index contributed by atoms with van der Waals surface area (Å²) in [6.07, 6.45) is 4.86. The predicted octanol–water partition coefficient (Wildman–Crippen LogP) is 4.67. The van der Waals surface area contributed by atoms with Crippen molar-refractivity contribution in [3.63, 3.8) is 0 Å². The molecule has 1 fully saturated rings. The molecule has 7 nitrogen and oxygen atoms in total. The number of nitro groups is 1. The van der Waals surface area contributed by atoms with Crippen LogP contribution in [0.1, 0.15) is 29.3 Å². The molecule has 31 heavy (non-hydrogen) atoms. The van der Waals surface area contributed by atoms with Gasteiger partial charge in [0.15, 0.2) is 5.01 Å². The Morgan fingerprint density at radius 2 is 1.97 bits per heavy atom. The number of piperidine rings is 1. The highest BCUT2D eigenvalue weighted by atomic mass is 32.1. The van der Waals surface area contributed by atoms with Crippen LogP contribution in [0.4, 0.5) is 10.1 Å². The van der Waals surface area contributed by atoms with Gasteiger partial charge in [-0.15, -0.1) is 10.2 Å². The number of amides is 1. The van der Waals surface area contributed by atoms with Crippen LogP contribution >= 0.6 is 11.3 Å². The number of nitro benzene ring substituents is 1. The number of hydrogen-bond donors (Lipinski definition) is 0. The third-order valence-corrected chi connectivity index (χ3v) is 6.27. The van der Waals surface area contributed by atoms with E-state index in [1.165, 1.54) is 35.6 Å². The fourth-order valence-electron chi connectivity index (χ4n) is 3.50. The molecule has 1 atom stereocenters. The van der Waals surface area contributed by atoms with E-state index < -0.39 is 4.92 Å². The Labute approximate surface area is 182 Å². The first-order chi connectivity index (χ1) is 15.0. The van der Waals surface area contributed by atoms with E-state index in [9.17, 15) is 19.3 Å². The highest BCUT2D eigenvalue weighted by Crippen LogP contribution is 2.33. The number of carbonyl (C=O) groups is 1. The zero-order valence-electron chi connectivity index (χ0n) is 16.5. The third-order valence-electron chi connectivity index (χ3n) is 5.15. The van der Waals surface area contributed by atoms with Gasteiger partial charge in [0, 0.05) is 42.8 Å². The Hall–Kier alpha value is -3.46. The average Bonchev–Trinajstić information content (AvgIpc) is 3.28. The summed E-state index contributed by atoms with van der Waals surface area (Å²) >= 11 is 1.36. The zero-order valence-corrected chi connectivity index (χ0v) is 17.3. The minimum atomic E-state index is -0.461. The minimum Gasteiger partial charge on any atom is -0.338 e. The van der Waals surface area contributed by atoms with E-state index in [0.29, 0.717) is 29.2 Å². The number of carbonyl (C=O) groups excluding carboxylic acids is 1. The molecule has 3 aromatic rings. The second-order valence-corrected chi connectivity index (χ2v) is 8.24. The van der Waals surface area contributed by atoms with Crippen molar-refractivity contribution in [3.05, 3.63) is 81.1 Å². The molecule has 0 N–H and O–H groups in total. The summed E-state index contributed by atoms with van der Waals surface area (Å²) in [7, 11) is 0. The van der Waals surface area contributed by atoms with E-state index >= 15 is 0 Å². The van der Waals surface area contributed by atoms with Crippen molar-refractivity contribution in [3.8, 4) is 10.6 Å². The topological polar surface area (TPSA) is 89.2 Å². The van der Waals surface area contributed by atoms with Crippen LogP contribution in [-0.2, 0) is 4.79 Å². The van der Waals surface area contributed by atoms with Crippen molar-refractivity contribution in [1.82, 2.24) is 15.1 Å². The molecule has 4 rings (SSSR count). The second kappa shape index (κ2) is 9.13. The van der Waals surface area contributed by atoms with E-state index in [0.717, 1.165) is 17.8 Å². The fraction of sp³-hybridized carbons (Fsp3) is 0.227. The summed E-state index contributed by atoms with van der Waals surface area (Å²) < 4.78 is 14.0. The maximum Gasteiger partial charge on any atom is 0.269 e. The molecular formula is C22H19FN4O3S. The van der Waals surface area contributed by atoms with Gasteiger partial charge >= 0.3 is 0 Å². The molecule has 158 valence electrons. The molecule has 1 aliphatic heterocycles. The first-order valence-corrected chi connectivity index (χ1v) is 10.6. The van der Waals surface area contributed by atoms with E-state index in [-0.39, 0.29) is 23.3 Å². The summed E-state index contributed by atoms with van der Waals surface area (Å²) in [6.45, 7) is 1.17. The number of aromatic nitrogens is 2. The van der Waals surface area contributed by atoms with Crippen LogP contribution < -0.4 is 0 Å². The van der Waals surface area contributed by atoms with Crippen LogP contribution in [0.2, 0.25) is 0 Å². The zero-order chi connectivity index (χ0) is 21.8. The Morgan fingerprint density at radius 1 is 1.19 bits per heavy atom. The standard InChI is InChI=1S/C22H19FN4O3S/c23-19-6-2-1-5-18(19)22-25-24-21(31-22)16-4-3-13-26(14-16)20(28)12-9-15-7-10-17(11-8-15)27(29)30/h1-2,5-12,16H,3-4,13-14H2/b12-9+. The van der Waals surface area contributed by atoms with Gasteiger partial charge in [-0.1, -0.05) is 23.5 Å². The van der Waals surface area contributed by atoms with Crippen LogP contribution in [-0.4, -0.2) is 39.0 Å². The molecule has 0 saturated carbocycles. The van der Waals surface area contributed by atoms with Crippen LogP contribution in [0.25, 0.3) is 16.6 Å². The van der Waals surface area contributed by atoms with Crippen molar-refractivity contribution in [1.29, 1.82) is 0 Å². The molecule has 0 aliphatic carbocycles. The van der Waals surface area contributed by atoms with Gasteiger partial charge in [0.05, 0.1) is 4.92 Å². The Bertz CT molecular complexity index is 1130. The molecule has 0 spiro atoms. The molecular weight excluding hydrogens is 419 g/mol. The van der Waals surface area contributed by atoms with Gasteiger partial charge in [0.25, 0.3) is 5.69 Å². The van der Waals surface area contributed by atoms with Crippen molar-refractivity contribution in [2.75, 3.05) is 13.1 Å². The Balaban J connectivity index is 1.42. The van der Waals surface area contributed by atoms with Crippen molar-refractivity contribution < 1.29 is 14.1 Å². The fourth-order valence-corrected chi connectivity index (χ4v) is 4.50. The van der Waals surface area contributed by atoms with Gasteiger partial charge in [0.1, 0.15) is 10.8 Å². The first-order valence-electron chi connectivity index (χ1n) is 9.81. The second-order valence-electron chi connectivity index (χ2n) is 7.23. The van der Waals surface area contributed by atoms with Crippen molar-refractivity contribution in [2.24, 2.45) is 0 Å². The number of halogens is 1. The van der Waals surface area contributed by atoms with E-state index in [2.05, 4.69) is 10.2 Å². The smallest absolute Gasteiger partial charge is 0.269 e. The summed E-state index contributed by atoms with van der Waals surface area (Å²) in [5.41, 5.74) is 1.15. The normalized spacial score (nSPS) is 16.5. The number of likely N-dealkylation sites (tertiary alicyclic amines) is 1. The third kappa shape index (κ3) is 4.83. The lowest BCUT2D eigenvalue weighted by Crippen LogP contribution is -2.38. The Kier molecular flexibility index (Phi) is 6.13. The Morgan fingerprint density at radius 3 is 2.71 bits per heavy atom. The molecule has 1 amide bonds. The summed E-state index contributed by atoms with van der Waals surface area (Å²) in [5.74, 6) is -0.396. The van der Waals surface area contributed by atoms with Crippen LogP contribution in [0.3, 0.4) is 0 Å². The van der Waals surface area contributed by atoms with Gasteiger partial charge in [-0.3, -0.25) is 14.9 Å². The van der Waals surface area contributed by atoms with E-state index in [4.69, 9.17) is 0 Å². The minimum absolute atomic E-state index is 0.00848. The molecule has 0 bridgehead atoms.